The maximum Gasteiger partial charge on any atom is 0.0411 e. The third-order valence-corrected chi connectivity index (χ3v) is 3.46. The molecule has 0 radical (unpaired) electrons. The lowest BCUT2D eigenvalue weighted by Gasteiger charge is -2.22. The summed E-state index contributed by atoms with van der Waals surface area (Å²) >= 11 is 0. The predicted octanol–water partition coefficient (Wildman–Crippen LogP) is 3.03. The SMILES string of the molecule is CC1CCN(c2ccccc2CNC(C)C)C1. The summed E-state index contributed by atoms with van der Waals surface area (Å²) in [6.07, 6.45) is 1.33. The van der Waals surface area contributed by atoms with Gasteiger partial charge in [-0.2, -0.15) is 0 Å². The Labute approximate surface area is 105 Å². The highest BCUT2D eigenvalue weighted by Gasteiger charge is 2.20. The van der Waals surface area contributed by atoms with Gasteiger partial charge in [0.15, 0.2) is 0 Å². The number of rotatable bonds is 4. The van der Waals surface area contributed by atoms with Crippen molar-refractivity contribution in [2.24, 2.45) is 5.92 Å². The first-order valence-corrected chi connectivity index (χ1v) is 6.73. The molecule has 2 heteroatoms. The lowest BCUT2D eigenvalue weighted by atomic mass is 10.1. The van der Waals surface area contributed by atoms with E-state index in [2.05, 4.69) is 55.3 Å². The van der Waals surface area contributed by atoms with Crippen molar-refractivity contribution in [3.05, 3.63) is 29.8 Å². The summed E-state index contributed by atoms with van der Waals surface area (Å²) in [7, 11) is 0. The third-order valence-electron chi connectivity index (χ3n) is 3.46. The van der Waals surface area contributed by atoms with Gasteiger partial charge in [0.1, 0.15) is 0 Å². The van der Waals surface area contributed by atoms with Gasteiger partial charge in [0, 0.05) is 31.4 Å². The Bertz CT molecular complexity index is 360. The average Bonchev–Trinajstić information content (AvgIpc) is 2.73. The van der Waals surface area contributed by atoms with Gasteiger partial charge in [-0.1, -0.05) is 39.0 Å². The van der Waals surface area contributed by atoms with Crippen molar-refractivity contribution in [1.82, 2.24) is 5.32 Å². The first-order valence-electron chi connectivity index (χ1n) is 6.73. The molecule has 0 saturated carbocycles. The highest BCUT2D eigenvalue weighted by molar-refractivity contribution is 5.54. The Morgan fingerprint density at radius 2 is 2.12 bits per heavy atom. The van der Waals surface area contributed by atoms with Crippen LogP contribution in [0.2, 0.25) is 0 Å². The van der Waals surface area contributed by atoms with Crippen LogP contribution in [0, 0.1) is 5.92 Å². The number of anilines is 1. The molecule has 1 unspecified atom stereocenters. The van der Waals surface area contributed by atoms with E-state index in [1.54, 1.807) is 0 Å². The van der Waals surface area contributed by atoms with Gasteiger partial charge >= 0.3 is 0 Å². The molecular formula is C15H24N2. The molecule has 1 aliphatic rings. The molecule has 1 saturated heterocycles. The van der Waals surface area contributed by atoms with Gasteiger partial charge in [-0.15, -0.1) is 0 Å². The van der Waals surface area contributed by atoms with Gasteiger partial charge in [-0.05, 0) is 24.0 Å². The van der Waals surface area contributed by atoms with Crippen molar-refractivity contribution >= 4 is 5.69 Å². The van der Waals surface area contributed by atoms with Crippen LogP contribution in [0.3, 0.4) is 0 Å². The lowest BCUT2D eigenvalue weighted by Crippen LogP contribution is -2.25. The van der Waals surface area contributed by atoms with Crippen LogP contribution < -0.4 is 10.2 Å². The molecule has 2 nitrogen and oxygen atoms in total. The molecule has 0 amide bonds. The zero-order chi connectivity index (χ0) is 12.3. The van der Waals surface area contributed by atoms with Crippen LogP contribution in [0.1, 0.15) is 32.8 Å². The van der Waals surface area contributed by atoms with E-state index >= 15 is 0 Å². The summed E-state index contributed by atoms with van der Waals surface area (Å²) < 4.78 is 0. The molecule has 1 aliphatic heterocycles. The fourth-order valence-corrected chi connectivity index (χ4v) is 2.44. The van der Waals surface area contributed by atoms with Gasteiger partial charge < -0.3 is 10.2 Å². The summed E-state index contributed by atoms with van der Waals surface area (Å²) in [6.45, 7) is 10.1. The maximum atomic E-state index is 3.51. The van der Waals surface area contributed by atoms with Crippen LogP contribution in [0.25, 0.3) is 0 Å². The van der Waals surface area contributed by atoms with Crippen LogP contribution in [0.4, 0.5) is 5.69 Å². The van der Waals surface area contributed by atoms with Crippen LogP contribution in [0.15, 0.2) is 24.3 Å². The Morgan fingerprint density at radius 3 is 2.76 bits per heavy atom. The monoisotopic (exact) mass is 232 g/mol. The molecule has 1 aromatic rings. The Kier molecular flexibility index (Phi) is 4.06. The lowest BCUT2D eigenvalue weighted by molar-refractivity contribution is 0.588. The minimum absolute atomic E-state index is 0.542. The van der Waals surface area contributed by atoms with Crippen LogP contribution >= 0.6 is 0 Å². The van der Waals surface area contributed by atoms with Crippen LogP contribution in [-0.4, -0.2) is 19.1 Å². The molecule has 0 bridgehead atoms. The number of nitrogens with one attached hydrogen (secondary N) is 1. The van der Waals surface area contributed by atoms with Gasteiger partial charge in [0.25, 0.3) is 0 Å². The normalized spacial score (nSPS) is 20.2. The van der Waals surface area contributed by atoms with Crippen molar-refractivity contribution in [2.45, 2.75) is 39.8 Å². The van der Waals surface area contributed by atoms with Crippen LogP contribution in [0.5, 0.6) is 0 Å². The fourth-order valence-electron chi connectivity index (χ4n) is 2.44. The van der Waals surface area contributed by atoms with Crippen molar-refractivity contribution in [3.63, 3.8) is 0 Å². The first kappa shape index (κ1) is 12.4. The highest BCUT2D eigenvalue weighted by atomic mass is 15.2. The minimum atomic E-state index is 0.542. The number of nitrogens with zero attached hydrogens (tertiary/aromatic N) is 1. The second kappa shape index (κ2) is 5.54. The van der Waals surface area contributed by atoms with Crippen molar-refractivity contribution < 1.29 is 0 Å². The molecule has 0 aliphatic carbocycles. The van der Waals surface area contributed by atoms with E-state index in [9.17, 15) is 0 Å². The summed E-state index contributed by atoms with van der Waals surface area (Å²) in [5.74, 6) is 0.834. The smallest absolute Gasteiger partial charge is 0.0411 e. The molecule has 1 N–H and O–H groups in total. The maximum absolute atomic E-state index is 3.51. The summed E-state index contributed by atoms with van der Waals surface area (Å²) in [5, 5.41) is 3.51. The molecule has 1 atom stereocenters. The van der Waals surface area contributed by atoms with Crippen LogP contribution in [-0.2, 0) is 6.54 Å². The average molecular weight is 232 g/mol. The van der Waals surface area contributed by atoms with Gasteiger partial charge in [0.2, 0.25) is 0 Å². The Morgan fingerprint density at radius 1 is 1.35 bits per heavy atom. The number of hydrogen-bond acceptors (Lipinski definition) is 2. The van der Waals surface area contributed by atoms with Gasteiger partial charge in [-0.25, -0.2) is 0 Å². The molecule has 94 valence electrons. The molecule has 1 fully saturated rings. The third kappa shape index (κ3) is 3.22. The van der Waals surface area contributed by atoms with E-state index in [0.29, 0.717) is 6.04 Å². The van der Waals surface area contributed by atoms with E-state index in [0.717, 1.165) is 12.5 Å². The zero-order valence-electron chi connectivity index (χ0n) is 11.2. The molecule has 1 heterocycles. The van der Waals surface area contributed by atoms with Crippen molar-refractivity contribution in [1.29, 1.82) is 0 Å². The summed E-state index contributed by atoms with van der Waals surface area (Å²) in [5.41, 5.74) is 2.85. The number of benzene rings is 1. The molecule has 0 spiro atoms. The number of hydrogen-bond donors (Lipinski definition) is 1. The Balaban J connectivity index is 2.10. The molecule has 1 aromatic carbocycles. The second-order valence-electron chi connectivity index (χ2n) is 5.50. The molecule has 2 rings (SSSR count). The molecule has 17 heavy (non-hydrogen) atoms. The van der Waals surface area contributed by atoms with Gasteiger partial charge in [0.05, 0.1) is 0 Å². The van der Waals surface area contributed by atoms with Crippen molar-refractivity contribution in [3.8, 4) is 0 Å². The summed E-state index contributed by atoms with van der Waals surface area (Å²) in [6, 6.07) is 9.33. The summed E-state index contributed by atoms with van der Waals surface area (Å²) in [4.78, 5) is 2.53. The van der Waals surface area contributed by atoms with E-state index in [1.165, 1.54) is 30.8 Å². The largest absolute Gasteiger partial charge is 0.371 e. The Hall–Kier alpha value is -1.02. The second-order valence-corrected chi connectivity index (χ2v) is 5.50. The topological polar surface area (TPSA) is 15.3 Å². The first-order chi connectivity index (χ1) is 8.16. The van der Waals surface area contributed by atoms with E-state index in [-0.39, 0.29) is 0 Å². The van der Waals surface area contributed by atoms with E-state index in [4.69, 9.17) is 0 Å². The standard InChI is InChI=1S/C15H24N2/c1-12(2)16-10-14-6-4-5-7-15(14)17-9-8-13(3)11-17/h4-7,12-13,16H,8-11H2,1-3H3. The van der Waals surface area contributed by atoms with E-state index < -0.39 is 0 Å². The quantitative estimate of drug-likeness (QED) is 0.858. The molecular weight excluding hydrogens is 208 g/mol. The van der Waals surface area contributed by atoms with Crippen molar-refractivity contribution in [2.75, 3.05) is 18.0 Å². The fraction of sp³-hybridized carbons (Fsp3) is 0.600. The highest BCUT2D eigenvalue weighted by Crippen LogP contribution is 2.26. The number of para-hydroxylation sites is 1. The predicted molar refractivity (Wildman–Crippen MR) is 74.4 cm³/mol. The van der Waals surface area contributed by atoms with E-state index in [1.807, 2.05) is 0 Å². The minimum Gasteiger partial charge on any atom is -0.371 e. The molecule has 0 aromatic heterocycles. The van der Waals surface area contributed by atoms with Gasteiger partial charge in [-0.3, -0.25) is 0 Å². The zero-order valence-corrected chi connectivity index (χ0v) is 11.2.